The summed E-state index contributed by atoms with van der Waals surface area (Å²) >= 11 is 0. The topological polar surface area (TPSA) is 88.1 Å². The van der Waals surface area contributed by atoms with Crippen molar-refractivity contribution in [2.24, 2.45) is 0 Å². The summed E-state index contributed by atoms with van der Waals surface area (Å²) in [6.07, 6.45) is 4.18. The van der Waals surface area contributed by atoms with Crippen molar-refractivity contribution < 1.29 is 8.42 Å². The third-order valence-corrected chi connectivity index (χ3v) is 6.04. The second-order valence-corrected chi connectivity index (χ2v) is 8.48. The highest BCUT2D eigenvalue weighted by atomic mass is 32.2. The van der Waals surface area contributed by atoms with Gasteiger partial charge in [-0.15, -0.1) is 0 Å². The molecule has 3 heterocycles. The summed E-state index contributed by atoms with van der Waals surface area (Å²) in [5.74, 6) is 1.73. The number of sulfone groups is 1. The van der Waals surface area contributed by atoms with Gasteiger partial charge in [-0.2, -0.15) is 4.98 Å². The van der Waals surface area contributed by atoms with Gasteiger partial charge in [0.25, 0.3) is 0 Å². The monoisotopic (exact) mass is 361 g/mol. The average molecular weight is 361 g/mol. The van der Waals surface area contributed by atoms with Crippen LogP contribution in [-0.4, -0.2) is 47.5 Å². The third kappa shape index (κ3) is 4.45. The molecule has 7 nitrogen and oxygen atoms in total. The fourth-order valence-electron chi connectivity index (χ4n) is 3.05. The van der Waals surface area contributed by atoms with Crippen LogP contribution in [0.3, 0.4) is 0 Å². The number of aromatic nitrogens is 3. The van der Waals surface area contributed by atoms with E-state index in [-0.39, 0.29) is 17.5 Å². The predicted molar refractivity (Wildman–Crippen MR) is 98.4 cm³/mol. The van der Waals surface area contributed by atoms with Crippen LogP contribution in [0.15, 0.2) is 30.6 Å². The van der Waals surface area contributed by atoms with Crippen LogP contribution in [-0.2, 0) is 16.4 Å². The van der Waals surface area contributed by atoms with Gasteiger partial charge in [0.1, 0.15) is 5.82 Å². The SMILES string of the molecule is CCN(c1nc(C)cc(NCc2cccnc2)n1)C1CCS(=O)(=O)C1. The van der Waals surface area contributed by atoms with E-state index in [2.05, 4.69) is 20.3 Å². The zero-order chi connectivity index (χ0) is 17.9. The Balaban J connectivity index is 1.78. The summed E-state index contributed by atoms with van der Waals surface area (Å²) in [4.78, 5) is 15.2. The average Bonchev–Trinajstić information content (AvgIpc) is 2.94. The van der Waals surface area contributed by atoms with Crippen LogP contribution in [0.25, 0.3) is 0 Å². The molecule has 0 spiro atoms. The van der Waals surface area contributed by atoms with Crippen LogP contribution in [0.2, 0.25) is 0 Å². The molecule has 1 aliphatic heterocycles. The summed E-state index contributed by atoms with van der Waals surface area (Å²) in [6.45, 7) is 5.21. The van der Waals surface area contributed by atoms with Crippen molar-refractivity contribution in [3.8, 4) is 0 Å². The molecule has 134 valence electrons. The van der Waals surface area contributed by atoms with E-state index in [0.29, 0.717) is 25.5 Å². The highest BCUT2D eigenvalue weighted by Gasteiger charge is 2.33. The van der Waals surface area contributed by atoms with Gasteiger partial charge in [-0.1, -0.05) is 6.07 Å². The summed E-state index contributed by atoms with van der Waals surface area (Å²) in [7, 11) is -2.94. The zero-order valence-electron chi connectivity index (χ0n) is 14.5. The van der Waals surface area contributed by atoms with Gasteiger partial charge in [0.05, 0.1) is 11.5 Å². The Morgan fingerprint density at radius 1 is 1.36 bits per heavy atom. The maximum absolute atomic E-state index is 11.8. The van der Waals surface area contributed by atoms with Crippen molar-refractivity contribution in [3.05, 3.63) is 41.9 Å². The van der Waals surface area contributed by atoms with Crippen LogP contribution in [0.5, 0.6) is 0 Å². The third-order valence-electron chi connectivity index (χ3n) is 4.29. The summed E-state index contributed by atoms with van der Waals surface area (Å²) in [5, 5.41) is 3.29. The van der Waals surface area contributed by atoms with E-state index in [1.54, 1.807) is 6.20 Å². The second-order valence-electron chi connectivity index (χ2n) is 6.25. The molecule has 3 rings (SSSR count). The molecule has 0 saturated carbocycles. The molecule has 1 fully saturated rings. The maximum Gasteiger partial charge on any atom is 0.227 e. The van der Waals surface area contributed by atoms with Gasteiger partial charge in [-0.05, 0) is 31.9 Å². The quantitative estimate of drug-likeness (QED) is 0.839. The lowest BCUT2D eigenvalue weighted by molar-refractivity contribution is 0.599. The number of nitrogens with one attached hydrogen (secondary N) is 1. The van der Waals surface area contributed by atoms with E-state index in [1.165, 1.54) is 0 Å². The molecule has 1 N–H and O–H groups in total. The summed E-state index contributed by atoms with van der Waals surface area (Å²) in [5.41, 5.74) is 1.91. The first-order valence-corrected chi connectivity index (χ1v) is 10.2. The molecular formula is C17H23N5O2S. The molecule has 0 aromatic carbocycles. The Labute approximate surface area is 148 Å². The first-order chi connectivity index (χ1) is 12.0. The van der Waals surface area contributed by atoms with Crippen LogP contribution in [0.4, 0.5) is 11.8 Å². The molecule has 2 aromatic rings. The normalized spacial score (nSPS) is 18.9. The first-order valence-electron chi connectivity index (χ1n) is 8.42. The van der Waals surface area contributed by atoms with Crippen LogP contribution in [0, 0.1) is 6.92 Å². The zero-order valence-corrected chi connectivity index (χ0v) is 15.3. The van der Waals surface area contributed by atoms with Crippen LogP contribution in [0.1, 0.15) is 24.6 Å². The van der Waals surface area contributed by atoms with Crippen molar-refractivity contribution >= 4 is 21.6 Å². The minimum Gasteiger partial charge on any atom is -0.366 e. The highest BCUT2D eigenvalue weighted by Crippen LogP contribution is 2.23. The summed E-state index contributed by atoms with van der Waals surface area (Å²) in [6, 6.07) is 5.73. The van der Waals surface area contributed by atoms with Crippen molar-refractivity contribution in [1.82, 2.24) is 15.0 Å². The highest BCUT2D eigenvalue weighted by molar-refractivity contribution is 7.91. The van der Waals surface area contributed by atoms with E-state index in [4.69, 9.17) is 0 Å². The van der Waals surface area contributed by atoms with Gasteiger partial charge in [0.15, 0.2) is 9.84 Å². The van der Waals surface area contributed by atoms with Gasteiger partial charge >= 0.3 is 0 Å². The van der Waals surface area contributed by atoms with Gasteiger partial charge in [0, 0.05) is 43.3 Å². The molecule has 1 aliphatic rings. The number of rotatable bonds is 6. The van der Waals surface area contributed by atoms with Gasteiger partial charge in [-0.25, -0.2) is 13.4 Å². The lowest BCUT2D eigenvalue weighted by atomic mass is 10.2. The standard InChI is InChI=1S/C17H23N5O2S/c1-3-22(15-6-8-25(23,24)12-15)17-20-13(2)9-16(21-17)19-11-14-5-4-7-18-10-14/h4-5,7,9-10,15H,3,6,8,11-12H2,1-2H3,(H,19,20,21). The van der Waals surface area contributed by atoms with Crippen LogP contribution >= 0.6 is 0 Å². The molecular weight excluding hydrogens is 338 g/mol. The maximum atomic E-state index is 11.8. The minimum atomic E-state index is -2.94. The molecule has 0 bridgehead atoms. The fraction of sp³-hybridized carbons (Fsp3) is 0.471. The van der Waals surface area contributed by atoms with Crippen LogP contribution < -0.4 is 10.2 Å². The van der Waals surface area contributed by atoms with E-state index in [9.17, 15) is 8.42 Å². The lowest BCUT2D eigenvalue weighted by Crippen LogP contribution is -2.37. The fourth-order valence-corrected chi connectivity index (χ4v) is 4.78. The molecule has 0 aliphatic carbocycles. The molecule has 0 radical (unpaired) electrons. The number of hydrogen-bond acceptors (Lipinski definition) is 7. The Hall–Kier alpha value is -2.22. The van der Waals surface area contributed by atoms with E-state index in [1.807, 2.05) is 43.1 Å². The minimum absolute atomic E-state index is 0.0528. The molecule has 25 heavy (non-hydrogen) atoms. The number of aryl methyl sites for hydroxylation is 1. The molecule has 0 amide bonds. The molecule has 1 atom stereocenters. The number of anilines is 2. The van der Waals surface area contributed by atoms with E-state index in [0.717, 1.165) is 17.1 Å². The molecule has 8 heteroatoms. The van der Waals surface area contributed by atoms with Gasteiger partial charge < -0.3 is 10.2 Å². The Kier molecular flexibility index (Phi) is 5.17. The number of pyridine rings is 1. The second kappa shape index (κ2) is 7.35. The van der Waals surface area contributed by atoms with Crippen molar-refractivity contribution in [2.75, 3.05) is 28.3 Å². The van der Waals surface area contributed by atoms with Crippen molar-refractivity contribution in [3.63, 3.8) is 0 Å². The lowest BCUT2D eigenvalue weighted by Gasteiger charge is -2.27. The number of nitrogens with zero attached hydrogens (tertiary/aromatic N) is 4. The molecule has 2 aromatic heterocycles. The Morgan fingerprint density at radius 3 is 2.84 bits per heavy atom. The van der Waals surface area contributed by atoms with Gasteiger partial charge in [0.2, 0.25) is 5.95 Å². The van der Waals surface area contributed by atoms with Gasteiger partial charge in [-0.3, -0.25) is 4.98 Å². The smallest absolute Gasteiger partial charge is 0.227 e. The molecule has 1 saturated heterocycles. The van der Waals surface area contributed by atoms with E-state index >= 15 is 0 Å². The Morgan fingerprint density at radius 2 is 2.20 bits per heavy atom. The summed E-state index contributed by atoms with van der Waals surface area (Å²) < 4.78 is 23.6. The largest absolute Gasteiger partial charge is 0.366 e. The predicted octanol–water partition coefficient (Wildman–Crippen LogP) is 1.81. The Bertz CT molecular complexity index is 826. The number of hydrogen-bond donors (Lipinski definition) is 1. The molecule has 1 unspecified atom stereocenters. The first kappa shape index (κ1) is 17.6. The van der Waals surface area contributed by atoms with E-state index < -0.39 is 9.84 Å². The van der Waals surface area contributed by atoms with Crippen molar-refractivity contribution in [1.29, 1.82) is 0 Å². The van der Waals surface area contributed by atoms with Crippen molar-refractivity contribution in [2.45, 2.75) is 32.9 Å².